The van der Waals surface area contributed by atoms with Crippen LogP contribution in [0.5, 0.6) is 0 Å². The van der Waals surface area contributed by atoms with Crippen LogP contribution in [0, 0.1) is 19.8 Å². The second-order valence-electron chi connectivity index (χ2n) is 6.37. The van der Waals surface area contributed by atoms with Gasteiger partial charge in [-0.1, -0.05) is 12.1 Å². The van der Waals surface area contributed by atoms with E-state index >= 15 is 0 Å². The van der Waals surface area contributed by atoms with Crippen LogP contribution in [0.3, 0.4) is 0 Å². The molecule has 0 aromatic heterocycles. The lowest BCUT2D eigenvalue weighted by molar-refractivity contribution is 0.212. The third-order valence-corrected chi connectivity index (χ3v) is 4.93. The number of hydrogen-bond donors (Lipinski definition) is 1. The minimum Gasteiger partial charge on any atom is -0.371 e. The molecule has 0 aliphatic carbocycles. The van der Waals surface area contributed by atoms with E-state index in [9.17, 15) is 0 Å². The fourth-order valence-corrected chi connectivity index (χ4v) is 3.54. The topological polar surface area (TPSA) is 18.5 Å². The highest BCUT2D eigenvalue weighted by Gasteiger charge is 2.26. The molecule has 2 aliphatic heterocycles. The lowest BCUT2D eigenvalue weighted by atomic mass is 10.1. The third kappa shape index (κ3) is 2.99. The molecule has 1 atom stereocenters. The van der Waals surface area contributed by atoms with Crippen molar-refractivity contribution in [1.82, 2.24) is 10.2 Å². The highest BCUT2D eigenvalue weighted by atomic mass is 15.2. The van der Waals surface area contributed by atoms with Crippen molar-refractivity contribution < 1.29 is 0 Å². The van der Waals surface area contributed by atoms with Crippen LogP contribution in [0.15, 0.2) is 18.2 Å². The van der Waals surface area contributed by atoms with E-state index in [-0.39, 0.29) is 0 Å². The zero-order valence-electron chi connectivity index (χ0n) is 12.9. The van der Waals surface area contributed by atoms with E-state index in [0.717, 1.165) is 19.0 Å². The molecule has 2 aliphatic rings. The minimum absolute atomic E-state index is 0.841. The number of piperazine rings is 1. The molecule has 110 valence electrons. The quantitative estimate of drug-likeness (QED) is 0.909. The maximum absolute atomic E-state index is 3.44. The number of anilines is 1. The molecule has 2 fully saturated rings. The number of hydrogen-bond acceptors (Lipinski definition) is 3. The van der Waals surface area contributed by atoms with Gasteiger partial charge in [-0.2, -0.15) is 0 Å². The molecule has 3 rings (SSSR count). The van der Waals surface area contributed by atoms with Gasteiger partial charge in [0, 0.05) is 51.5 Å². The van der Waals surface area contributed by atoms with Crippen molar-refractivity contribution in [1.29, 1.82) is 0 Å². The van der Waals surface area contributed by atoms with Gasteiger partial charge in [-0.05, 0) is 43.4 Å². The molecular weight excluding hydrogens is 246 g/mol. The van der Waals surface area contributed by atoms with Crippen LogP contribution in [-0.2, 0) is 0 Å². The maximum Gasteiger partial charge on any atom is 0.0398 e. The summed E-state index contributed by atoms with van der Waals surface area (Å²) in [6.07, 6.45) is 1.34. The maximum atomic E-state index is 3.44. The normalized spacial score (nSPS) is 24.3. The highest BCUT2D eigenvalue weighted by molar-refractivity contribution is 5.56. The Labute approximate surface area is 123 Å². The van der Waals surface area contributed by atoms with E-state index < -0.39 is 0 Å². The Morgan fingerprint density at radius 3 is 2.75 bits per heavy atom. The average Bonchev–Trinajstić information content (AvgIpc) is 2.91. The fraction of sp³-hybridized carbons (Fsp3) is 0.647. The van der Waals surface area contributed by atoms with Gasteiger partial charge in [0.15, 0.2) is 0 Å². The van der Waals surface area contributed by atoms with E-state index in [1.165, 1.54) is 56.0 Å². The zero-order chi connectivity index (χ0) is 13.9. The molecule has 1 N–H and O–H groups in total. The van der Waals surface area contributed by atoms with Gasteiger partial charge in [0.2, 0.25) is 0 Å². The van der Waals surface area contributed by atoms with E-state index in [2.05, 4.69) is 47.2 Å². The molecule has 0 saturated carbocycles. The molecule has 1 aromatic carbocycles. The predicted molar refractivity (Wildman–Crippen MR) is 85.5 cm³/mol. The highest BCUT2D eigenvalue weighted by Crippen LogP contribution is 2.28. The molecule has 3 nitrogen and oxygen atoms in total. The van der Waals surface area contributed by atoms with Crippen LogP contribution >= 0.6 is 0 Å². The van der Waals surface area contributed by atoms with Gasteiger partial charge in [-0.25, -0.2) is 0 Å². The molecule has 2 heterocycles. The molecule has 1 unspecified atom stereocenters. The Morgan fingerprint density at radius 2 is 1.95 bits per heavy atom. The van der Waals surface area contributed by atoms with Crippen molar-refractivity contribution in [3.8, 4) is 0 Å². The molecular formula is C17H27N3. The van der Waals surface area contributed by atoms with Gasteiger partial charge in [0.05, 0.1) is 0 Å². The molecule has 2 saturated heterocycles. The van der Waals surface area contributed by atoms with Crippen LogP contribution in [0.1, 0.15) is 17.5 Å². The van der Waals surface area contributed by atoms with Crippen LogP contribution in [-0.4, -0.2) is 50.7 Å². The van der Waals surface area contributed by atoms with E-state index in [1.54, 1.807) is 0 Å². The molecule has 0 spiro atoms. The van der Waals surface area contributed by atoms with Crippen molar-refractivity contribution in [2.75, 3.05) is 50.7 Å². The summed E-state index contributed by atoms with van der Waals surface area (Å²) in [5.74, 6) is 0.841. The van der Waals surface area contributed by atoms with Crippen LogP contribution in [0.4, 0.5) is 5.69 Å². The van der Waals surface area contributed by atoms with Crippen molar-refractivity contribution in [2.24, 2.45) is 5.92 Å². The van der Waals surface area contributed by atoms with Crippen LogP contribution < -0.4 is 10.2 Å². The van der Waals surface area contributed by atoms with Crippen molar-refractivity contribution >= 4 is 5.69 Å². The summed E-state index contributed by atoms with van der Waals surface area (Å²) in [7, 11) is 0. The first kappa shape index (κ1) is 13.9. The van der Waals surface area contributed by atoms with Gasteiger partial charge in [0.25, 0.3) is 0 Å². The molecule has 0 bridgehead atoms. The third-order valence-electron chi connectivity index (χ3n) is 4.93. The first-order valence-corrected chi connectivity index (χ1v) is 7.98. The first-order chi connectivity index (χ1) is 9.74. The van der Waals surface area contributed by atoms with Gasteiger partial charge < -0.3 is 15.1 Å². The van der Waals surface area contributed by atoms with Gasteiger partial charge >= 0.3 is 0 Å². The van der Waals surface area contributed by atoms with Crippen LogP contribution in [0.2, 0.25) is 0 Å². The summed E-state index contributed by atoms with van der Waals surface area (Å²) in [6, 6.07) is 6.70. The summed E-state index contributed by atoms with van der Waals surface area (Å²) >= 11 is 0. The predicted octanol–water partition coefficient (Wildman–Crippen LogP) is 2.03. The summed E-state index contributed by atoms with van der Waals surface area (Å²) in [6.45, 7) is 13.0. The van der Waals surface area contributed by atoms with Gasteiger partial charge in [-0.3, -0.25) is 0 Å². The Balaban J connectivity index is 1.60. The number of aryl methyl sites for hydroxylation is 1. The first-order valence-electron chi connectivity index (χ1n) is 7.98. The Kier molecular flexibility index (Phi) is 4.27. The SMILES string of the molecule is Cc1cccc(N2CCC(CN3CCNCC3)C2)c1C. The second-order valence-corrected chi connectivity index (χ2v) is 6.37. The molecule has 20 heavy (non-hydrogen) atoms. The summed E-state index contributed by atoms with van der Waals surface area (Å²) in [5, 5.41) is 3.44. The van der Waals surface area contributed by atoms with E-state index in [4.69, 9.17) is 0 Å². The van der Waals surface area contributed by atoms with Gasteiger partial charge in [0.1, 0.15) is 0 Å². The lowest BCUT2D eigenvalue weighted by Crippen LogP contribution is -2.45. The number of rotatable bonds is 3. The van der Waals surface area contributed by atoms with Gasteiger partial charge in [-0.15, -0.1) is 0 Å². The zero-order valence-corrected chi connectivity index (χ0v) is 12.9. The second kappa shape index (κ2) is 6.15. The molecule has 1 aromatic rings. The Morgan fingerprint density at radius 1 is 1.15 bits per heavy atom. The molecule has 3 heteroatoms. The monoisotopic (exact) mass is 273 g/mol. The van der Waals surface area contributed by atoms with E-state index in [1.807, 2.05) is 0 Å². The smallest absolute Gasteiger partial charge is 0.0398 e. The van der Waals surface area contributed by atoms with Crippen molar-refractivity contribution in [3.63, 3.8) is 0 Å². The average molecular weight is 273 g/mol. The Bertz CT molecular complexity index is 452. The van der Waals surface area contributed by atoms with Crippen molar-refractivity contribution in [3.05, 3.63) is 29.3 Å². The molecule has 0 amide bonds. The summed E-state index contributed by atoms with van der Waals surface area (Å²) in [5.41, 5.74) is 4.32. The summed E-state index contributed by atoms with van der Waals surface area (Å²) < 4.78 is 0. The largest absolute Gasteiger partial charge is 0.371 e. The lowest BCUT2D eigenvalue weighted by Gasteiger charge is -2.29. The Hall–Kier alpha value is -1.06. The fourth-order valence-electron chi connectivity index (χ4n) is 3.54. The standard InChI is InChI=1S/C17H27N3/c1-14-4-3-5-17(15(14)2)20-9-6-16(13-20)12-19-10-7-18-8-11-19/h3-5,16,18H,6-13H2,1-2H3. The molecule has 0 radical (unpaired) electrons. The number of nitrogens with one attached hydrogen (secondary N) is 1. The summed E-state index contributed by atoms with van der Waals surface area (Å²) in [4.78, 5) is 5.23. The van der Waals surface area contributed by atoms with E-state index in [0.29, 0.717) is 0 Å². The number of benzene rings is 1. The van der Waals surface area contributed by atoms with Crippen LogP contribution in [0.25, 0.3) is 0 Å². The minimum atomic E-state index is 0.841. The number of nitrogens with zero attached hydrogens (tertiary/aromatic N) is 2. The van der Waals surface area contributed by atoms with Crippen molar-refractivity contribution in [2.45, 2.75) is 20.3 Å².